The summed E-state index contributed by atoms with van der Waals surface area (Å²) in [5.41, 5.74) is 16.1. The minimum atomic E-state index is -0.209. The Kier molecular flexibility index (Phi) is 10.2. The van der Waals surface area contributed by atoms with Crippen molar-refractivity contribution >= 4 is 29.3 Å². The van der Waals surface area contributed by atoms with Crippen LogP contribution in [0.4, 0.5) is 10.5 Å². The first kappa shape index (κ1) is 26.5. The molecule has 2 aromatic heterocycles. The molecule has 182 valence electrons. The molecule has 6 N–H and O–H groups in total. The van der Waals surface area contributed by atoms with Crippen LogP contribution in [0.3, 0.4) is 0 Å². The molecule has 1 saturated heterocycles. The number of ether oxygens (including phenoxy) is 1. The molecule has 0 radical (unpaired) electrons. The van der Waals surface area contributed by atoms with Gasteiger partial charge in [0.1, 0.15) is 5.69 Å². The lowest BCUT2D eigenvalue weighted by Gasteiger charge is -2.17. The average molecular weight is 468 g/mol. The fraction of sp³-hybridized carbons (Fsp3) is 0.333. The number of nitrogens with two attached hydrogens (primary N) is 2. The van der Waals surface area contributed by atoms with Gasteiger partial charge in [0.05, 0.1) is 18.0 Å². The molecule has 0 aliphatic carbocycles. The number of carbonyl (C=O) groups excluding carboxylic acids is 2. The van der Waals surface area contributed by atoms with E-state index in [1.54, 1.807) is 42.5 Å². The maximum Gasteiger partial charge on any atom is 0.321 e. The van der Waals surface area contributed by atoms with Gasteiger partial charge >= 0.3 is 6.03 Å². The monoisotopic (exact) mass is 467 g/mol. The van der Waals surface area contributed by atoms with E-state index in [2.05, 4.69) is 20.6 Å². The number of hydrogen-bond donors (Lipinski definition) is 4. The summed E-state index contributed by atoms with van der Waals surface area (Å²) < 4.78 is 5.31. The Bertz CT molecular complexity index is 1050. The quantitative estimate of drug-likeness (QED) is 0.372. The predicted octanol–water partition coefficient (Wildman–Crippen LogP) is 1.99. The molecule has 1 unspecified atom stereocenters. The van der Waals surface area contributed by atoms with Crippen molar-refractivity contribution in [2.45, 2.75) is 19.4 Å². The van der Waals surface area contributed by atoms with Crippen LogP contribution in [0.2, 0.25) is 0 Å². The van der Waals surface area contributed by atoms with E-state index in [1.165, 1.54) is 12.4 Å². The molecule has 1 atom stereocenters. The molecular weight excluding hydrogens is 434 g/mol. The molecule has 2 amide bonds. The Hall–Kier alpha value is -3.76. The molecule has 2 aromatic rings. The largest absolute Gasteiger partial charge is 0.404 e. The molecule has 1 aliphatic rings. The van der Waals surface area contributed by atoms with Crippen LogP contribution in [0.15, 0.2) is 42.9 Å². The van der Waals surface area contributed by atoms with Gasteiger partial charge in [-0.05, 0) is 62.9 Å². The molecular formula is C24H33N7O3. The third kappa shape index (κ3) is 7.12. The lowest BCUT2D eigenvalue weighted by molar-refractivity contribution is 0.111. The number of aromatic nitrogens is 2. The second-order valence-corrected chi connectivity index (χ2v) is 7.69. The van der Waals surface area contributed by atoms with Gasteiger partial charge in [0.15, 0.2) is 6.29 Å². The lowest BCUT2D eigenvalue weighted by atomic mass is 10.0. The van der Waals surface area contributed by atoms with E-state index in [0.717, 1.165) is 6.42 Å². The van der Waals surface area contributed by atoms with Gasteiger partial charge in [-0.2, -0.15) is 0 Å². The first-order chi connectivity index (χ1) is 16.4. The zero-order chi connectivity index (χ0) is 25.1. The van der Waals surface area contributed by atoms with E-state index < -0.39 is 0 Å². The van der Waals surface area contributed by atoms with E-state index >= 15 is 0 Å². The van der Waals surface area contributed by atoms with E-state index in [1.807, 2.05) is 21.0 Å². The molecule has 34 heavy (non-hydrogen) atoms. The number of allylic oxidation sites excluding steroid dienone is 2. The number of hydrogen-bond acceptors (Lipinski definition) is 8. The van der Waals surface area contributed by atoms with Gasteiger partial charge in [-0.3, -0.25) is 14.8 Å². The van der Waals surface area contributed by atoms with E-state index in [9.17, 15) is 9.59 Å². The van der Waals surface area contributed by atoms with E-state index in [4.69, 9.17) is 16.2 Å². The Morgan fingerprint density at radius 2 is 2.03 bits per heavy atom. The second-order valence-electron chi connectivity index (χ2n) is 7.69. The average Bonchev–Trinajstić information content (AvgIpc) is 3.33. The first-order valence-electron chi connectivity index (χ1n) is 10.8. The summed E-state index contributed by atoms with van der Waals surface area (Å²) in [6.45, 7) is 3.02. The molecule has 1 aliphatic heterocycles. The van der Waals surface area contributed by atoms with Crippen molar-refractivity contribution in [1.29, 1.82) is 0 Å². The van der Waals surface area contributed by atoms with E-state index in [0.29, 0.717) is 58.8 Å². The number of anilines is 1. The highest BCUT2D eigenvalue weighted by Gasteiger charge is 2.26. The second kappa shape index (κ2) is 13.1. The summed E-state index contributed by atoms with van der Waals surface area (Å²) in [6.07, 6.45) is 7.76. The van der Waals surface area contributed by atoms with Crippen molar-refractivity contribution in [3.05, 3.63) is 65.4 Å². The van der Waals surface area contributed by atoms with Gasteiger partial charge in [0.25, 0.3) is 0 Å². The summed E-state index contributed by atoms with van der Waals surface area (Å²) in [5.74, 6) is 0. The molecule has 0 saturated carbocycles. The number of aryl methyl sites for hydroxylation is 1. The number of methoxy groups -OCH3 is 1. The number of aldehydes is 1. The number of rotatable bonds is 6. The smallest absolute Gasteiger partial charge is 0.321 e. The standard InChI is InChI=1S/C22H26N6O3.C2H7N/c1-14-20(21(24)8-16(10-23)15-3-5-25-18(7-15)13-29)9-17(11-26-14)27-22(30)28-6-4-19(12-28)31-2;1-3-2/h3,5,7-11,13,19H,4,6,12,23-24H2,1-2H3,(H,27,30);3H,1-2H3/b16-10+,21-8-;. The highest BCUT2D eigenvalue weighted by molar-refractivity contribution is 5.90. The summed E-state index contributed by atoms with van der Waals surface area (Å²) >= 11 is 0. The van der Waals surface area contributed by atoms with Crippen LogP contribution in [0.5, 0.6) is 0 Å². The highest BCUT2D eigenvalue weighted by atomic mass is 16.5. The number of nitrogens with zero attached hydrogens (tertiary/aromatic N) is 3. The number of pyridine rings is 2. The van der Waals surface area contributed by atoms with Gasteiger partial charge in [-0.25, -0.2) is 4.79 Å². The minimum Gasteiger partial charge on any atom is -0.404 e. The summed E-state index contributed by atoms with van der Waals surface area (Å²) in [7, 11) is 5.40. The zero-order valence-electron chi connectivity index (χ0n) is 20.0. The van der Waals surface area contributed by atoms with Crippen LogP contribution in [0.25, 0.3) is 11.3 Å². The van der Waals surface area contributed by atoms with E-state index in [-0.39, 0.29) is 12.1 Å². The SMILES string of the molecule is CNC.COC1CCN(C(=O)Nc2cnc(C)c(/C(N)=C/C(=C\N)c3ccnc(C=O)c3)c2)C1. The molecule has 0 spiro atoms. The summed E-state index contributed by atoms with van der Waals surface area (Å²) in [6, 6.07) is 4.92. The van der Waals surface area contributed by atoms with Crippen LogP contribution in [-0.2, 0) is 4.74 Å². The third-order valence-corrected chi connectivity index (χ3v) is 5.14. The van der Waals surface area contributed by atoms with Crippen molar-refractivity contribution in [3.8, 4) is 0 Å². The molecule has 10 nitrogen and oxygen atoms in total. The van der Waals surface area contributed by atoms with Gasteiger partial charge in [-0.1, -0.05) is 0 Å². The first-order valence-corrected chi connectivity index (χ1v) is 10.8. The molecule has 0 bridgehead atoms. The predicted molar refractivity (Wildman–Crippen MR) is 134 cm³/mol. The maximum absolute atomic E-state index is 12.5. The van der Waals surface area contributed by atoms with Crippen molar-refractivity contribution < 1.29 is 14.3 Å². The van der Waals surface area contributed by atoms with Crippen LogP contribution in [0, 0.1) is 6.92 Å². The molecule has 10 heteroatoms. The summed E-state index contributed by atoms with van der Waals surface area (Å²) in [5, 5.41) is 5.61. The van der Waals surface area contributed by atoms with Crippen molar-refractivity contribution in [1.82, 2.24) is 20.2 Å². The zero-order valence-corrected chi connectivity index (χ0v) is 20.0. The van der Waals surface area contributed by atoms with Crippen molar-refractivity contribution in [2.24, 2.45) is 11.5 Å². The highest BCUT2D eigenvalue weighted by Crippen LogP contribution is 2.23. The fourth-order valence-corrected chi connectivity index (χ4v) is 3.37. The van der Waals surface area contributed by atoms with Gasteiger partial charge < -0.3 is 31.7 Å². The minimum absolute atomic E-state index is 0.0606. The van der Waals surface area contributed by atoms with Crippen LogP contribution < -0.4 is 22.1 Å². The number of carbonyl (C=O) groups is 2. The third-order valence-electron chi connectivity index (χ3n) is 5.14. The normalized spacial score (nSPS) is 16.0. The van der Waals surface area contributed by atoms with Crippen molar-refractivity contribution in [2.75, 3.05) is 39.6 Å². The topological polar surface area (TPSA) is 148 Å². The summed E-state index contributed by atoms with van der Waals surface area (Å²) in [4.78, 5) is 33.6. The Morgan fingerprint density at radius 3 is 2.65 bits per heavy atom. The number of likely N-dealkylation sites (tertiary alicyclic amines) is 1. The molecule has 3 rings (SSSR count). The van der Waals surface area contributed by atoms with Crippen molar-refractivity contribution in [3.63, 3.8) is 0 Å². The molecule has 3 heterocycles. The van der Waals surface area contributed by atoms with Crippen LogP contribution in [0.1, 0.15) is 33.7 Å². The lowest BCUT2D eigenvalue weighted by Crippen LogP contribution is -2.34. The fourth-order valence-electron chi connectivity index (χ4n) is 3.37. The van der Waals surface area contributed by atoms with Gasteiger partial charge in [0.2, 0.25) is 0 Å². The molecule has 1 fully saturated rings. The molecule has 0 aromatic carbocycles. The van der Waals surface area contributed by atoms with Gasteiger partial charge in [0, 0.05) is 49.6 Å². The number of urea groups is 1. The van der Waals surface area contributed by atoms with Crippen LogP contribution in [-0.4, -0.2) is 67.6 Å². The van der Waals surface area contributed by atoms with Crippen LogP contribution >= 0.6 is 0 Å². The maximum atomic E-state index is 12.5. The Labute approximate surface area is 200 Å². The Balaban J connectivity index is 0.00000129. The van der Waals surface area contributed by atoms with Gasteiger partial charge in [-0.15, -0.1) is 0 Å². The number of nitrogens with one attached hydrogen (secondary N) is 2. The number of amides is 2. The Morgan fingerprint density at radius 1 is 1.29 bits per heavy atom.